The molecule has 0 radical (unpaired) electrons. The van der Waals surface area contributed by atoms with Gasteiger partial charge in [-0.3, -0.25) is 10.3 Å². The van der Waals surface area contributed by atoms with Gasteiger partial charge in [-0.1, -0.05) is 57.6 Å². The monoisotopic (exact) mass is 277 g/mol. The molecule has 0 aromatic rings. The highest BCUT2D eigenvalue weighted by Crippen LogP contribution is 1.98. The van der Waals surface area contributed by atoms with Crippen molar-refractivity contribution in [3.05, 3.63) is 37.0 Å². The molecule has 0 saturated heterocycles. The van der Waals surface area contributed by atoms with Gasteiger partial charge >= 0.3 is 0 Å². The van der Waals surface area contributed by atoms with Crippen LogP contribution in [-0.4, -0.2) is 25.0 Å². The lowest BCUT2D eigenvalue weighted by molar-refractivity contribution is 0.674. The number of nitrogens with zero attached hydrogens (tertiary/aromatic N) is 2. The summed E-state index contributed by atoms with van der Waals surface area (Å²) < 4.78 is 0. The average Bonchev–Trinajstić information content (AvgIpc) is 2.43. The smallest absolute Gasteiger partial charge is 0.195 e. The fourth-order valence-corrected chi connectivity index (χ4v) is 1.46. The molecular weight excluding hydrogens is 250 g/mol. The molecule has 0 spiro atoms. The predicted molar refractivity (Wildman–Crippen MR) is 88.7 cm³/mol. The average molecular weight is 277 g/mol. The molecule has 5 nitrogen and oxygen atoms in total. The largest absolute Gasteiger partial charge is 0.370 e. The van der Waals surface area contributed by atoms with E-state index in [2.05, 4.69) is 35.4 Å². The molecule has 20 heavy (non-hydrogen) atoms. The van der Waals surface area contributed by atoms with Crippen LogP contribution in [0.25, 0.3) is 0 Å². The molecule has 0 amide bonds. The van der Waals surface area contributed by atoms with Gasteiger partial charge < -0.3 is 11.5 Å². The van der Waals surface area contributed by atoms with Crippen LogP contribution >= 0.6 is 0 Å². The van der Waals surface area contributed by atoms with E-state index in [-0.39, 0.29) is 5.96 Å². The minimum atomic E-state index is 0.247. The van der Waals surface area contributed by atoms with Gasteiger partial charge in [0.25, 0.3) is 0 Å². The topological polar surface area (TPSA) is 88.8 Å². The van der Waals surface area contributed by atoms with E-state index < -0.39 is 0 Å². The van der Waals surface area contributed by atoms with Crippen LogP contribution in [0.4, 0.5) is 0 Å². The van der Waals surface area contributed by atoms with Gasteiger partial charge in [-0.15, -0.1) is 0 Å². The van der Waals surface area contributed by atoms with Crippen molar-refractivity contribution in [3.63, 3.8) is 0 Å². The van der Waals surface area contributed by atoms with E-state index in [9.17, 15) is 0 Å². The summed E-state index contributed by atoms with van der Waals surface area (Å²) in [7, 11) is 0. The Hall–Kier alpha value is -2.04. The highest BCUT2D eigenvalue weighted by Gasteiger charge is 1.96. The summed E-state index contributed by atoms with van der Waals surface area (Å²) in [6, 6.07) is 0. The number of allylic oxidation sites excluding steroid dienone is 2. The van der Waals surface area contributed by atoms with Crippen LogP contribution in [0.5, 0.6) is 0 Å². The quantitative estimate of drug-likeness (QED) is 0.261. The highest BCUT2D eigenvalue weighted by atomic mass is 15.2. The summed E-state index contributed by atoms with van der Waals surface area (Å²) in [6.07, 6.45) is 9.87. The summed E-state index contributed by atoms with van der Waals surface area (Å²) in [6.45, 7) is 10.6. The predicted octanol–water partition coefficient (Wildman–Crippen LogP) is 2.08. The van der Waals surface area contributed by atoms with Crippen LogP contribution < -0.4 is 16.8 Å². The Balaban J connectivity index is 4.13. The van der Waals surface area contributed by atoms with E-state index in [1.807, 2.05) is 6.08 Å². The zero-order chi connectivity index (χ0) is 15.2. The van der Waals surface area contributed by atoms with Crippen LogP contribution in [0.2, 0.25) is 0 Å². The second-order valence-corrected chi connectivity index (χ2v) is 4.34. The summed E-state index contributed by atoms with van der Waals surface area (Å²) >= 11 is 0. The summed E-state index contributed by atoms with van der Waals surface area (Å²) in [4.78, 5) is 8.34. The van der Waals surface area contributed by atoms with Crippen LogP contribution in [0.3, 0.4) is 0 Å². The van der Waals surface area contributed by atoms with Gasteiger partial charge in [0.15, 0.2) is 11.9 Å². The van der Waals surface area contributed by atoms with Crippen molar-refractivity contribution in [2.24, 2.45) is 21.5 Å². The molecule has 0 bridgehead atoms. The molecule has 112 valence electrons. The number of nitrogens with one attached hydrogen (secondary N) is 1. The minimum absolute atomic E-state index is 0.247. The van der Waals surface area contributed by atoms with E-state index in [0.29, 0.717) is 19.0 Å². The lowest BCUT2D eigenvalue weighted by atomic mass is 10.2. The fourth-order valence-electron chi connectivity index (χ4n) is 1.46. The molecule has 0 rings (SSSR count). The first-order chi connectivity index (χ1) is 9.63. The molecule has 5 N–H and O–H groups in total. The van der Waals surface area contributed by atoms with Gasteiger partial charge in [-0.25, -0.2) is 4.99 Å². The normalized spacial score (nSPS) is 13.2. The highest BCUT2D eigenvalue weighted by molar-refractivity contribution is 5.97. The molecule has 0 aliphatic heterocycles. The lowest BCUT2D eigenvalue weighted by Crippen LogP contribution is -2.41. The van der Waals surface area contributed by atoms with Gasteiger partial charge in [0.05, 0.1) is 6.54 Å². The fraction of sp³-hybridized carbons (Fsp3) is 0.467. The molecule has 0 heterocycles. The number of guanidine groups is 2. The second kappa shape index (κ2) is 12.0. The summed E-state index contributed by atoms with van der Waals surface area (Å²) in [5.41, 5.74) is 12.4. The van der Waals surface area contributed by atoms with Crippen LogP contribution in [0.1, 0.15) is 32.6 Å². The van der Waals surface area contributed by atoms with Crippen molar-refractivity contribution in [2.75, 3.05) is 13.1 Å². The molecule has 0 aromatic carbocycles. The SMILES string of the molecule is C=C/C=C(\C=C)CN=C(N)NC(N)=NCCCCCC. The Kier molecular flexibility index (Phi) is 10.8. The maximum absolute atomic E-state index is 5.72. The van der Waals surface area contributed by atoms with Gasteiger partial charge in [0.1, 0.15) is 0 Å². The number of hydrogen-bond acceptors (Lipinski definition) is 2. The Morgan fingerprint density at radius 2 is 1.80 bits per heavy atom. The minimum Gasteiger partial charge on any atom is -0.370 e. The lowest BCUT2D eigenvalue weighted by Gasteiger charge is -2.05. The van der Waals surface area contributed by atoms with Crippen LogP contribution in [0, 0.1) is 0 Å². The van der Waals surface area contributed by atoms with E-state index in [0.717, 1.165) is 12.0 Å². The maximum Gasteiger partial charge on any atom is 0.195 e. The van der Waals surface area contributed by atoms with Crippen molar-refractivity contribution >= 4 is 11.9 Å². The van der Waals surface area contributed by atoms with E-state index in [1.165, 1.54) is 19.3 Å². The standard InChI is InChI=1S/C15H27N5/c1-4-7-8-9-11-18-14(16)20-15(17)19-12-13(6-3)10-5-2/h5-6,10H,2-4,7-9,11-12H2,1H3,(H5,16,17,18,19,20)/b13-10+. The molecule has 5 heteroatoms. The van der Waals surface area contributed by atoms with Crippen molar-refractivity contribution in [1.82, 2.24) is 5.32 Å². The molecule has 0 aliphatic carbocycles. The van der Waals surface area contributed by atoms with E-state index >= 15 is 0 Å². The number of hydrogen-bond donors (Lipinski definition) is 3. The summed E-state index contributed by atoms with van der Waals surface area (Å²) in [5.74, 6) is 0.548. The van der Waals surface area contributed by atoms with E-state index in [4.69, 9.17) is 11.5 Å². The first-order valence-electron chi connectivity index (χ1n) is 6.94. The van der Waals surface area contributed by atoms with Crippen molar-refractivity contribution < 1.29 is 0 Å². The zero-order valence-corrected chi connectivity index (χ0v) is 12.4. The van der Waals surface area contributed by atoms with Crippen LogP contribution in [-0.2, 0) is 0 Å². The number of unbranched alkanes of at least 4 members (excludes halogenated alkanes) is 3. The first kappa shape index (κ1) is 18.0. The summed E-state index contributed by atoms with van der Waals surface area (Å²) in [5, 5.41) is 2.76. The number of rotatable bonds is 9. The third-order valence-corrected chi connectivity index (χ3v) is 2.58. The molecule has 0 unspecified atom stereocenters. The Bertz CT molecular complexity index is 380. The first-order valence-corrected chi connectivity index (χ1v) is 6.94. The molecule has 0 atom stereocenters. The molecular formula is C15H27N5. The number of nitrogens with two attached hydrogens (primary N) is 2. The van der Waals surface area contributed by atoms with E-state index in [1.54, 1.807) is 12.2 Å². The second-order valence-electron chi connectivity index (χ2n) is 4.34. The van der Waals surface area contributed by atoms with Crippen molar-refractivity contribution in [1.29, 1.82) is 0 Å². The van der Waals surface area contributed by atoms with Gasteiger partial charge in [0, 0.05) is 6.54 Å². The van der Waals surface area contributed by atoms with Gasteiger partial charge in [-0.05, 0) is 12.0 Å². The maximum atomic E-state index is 5.72. The third-order valence-electron chi connectivity index (χ3n) is 2.58. The Morgan fingerprint density at radius 3 is 2.40 bits per heavy atom. The Morgan fingerprint density at radius 1 is 1.10 bits per heavy atom. The molecule has 0 aliphatic rings. The molecule has 0 saturated carbocycles. The van der Waals surface area contributed by atoms with Crippen molar-refractivity contribution in [2.45, 2.75) is 32.6 Å². The van der Waals surface area contributed by atoms with Crippen LogP contribution in [0.15, 0.2) is 46.9 Å². The third kappa shape index (κ3) is 9.94. The zero-order valence-electron chi connectivity index (χ0n) is 12.4. The molecule has 0 aromatic heterocycles. The van der Waals surface area contributed by atoms with Crippen molar-refractivity contribution in [3.8, 4) is 0 Å². The van der Waals surface area contributed by atoms with Gasteiger partial charge in [0.2, 0.25) is 0 Å². The van der Waals surface area contributed by atoms with Gasteiger partial charge in [-0.2, -0.15) is 0 Å². The number of aliphatic imine (C=N–C) groups is 2. The Labute approximate surface area is 122 Å². The molecule has 0 fully saturated rings.